The first-order chi connectivity index (χ1) is 9.37. The summed E-state index contributed by atoms with van der Waals surface area (Å²) in [6.07, 6.45) is 4.53. The molecule has 20 heavy (non-hydrogen) atoms. The lowest BCUT2D eigenvalue weighted by molar-refractivity contribution is -0.139. The molecule has 0 radical (unpaired) electrons. The van der Waals surface area contributed by atoms with Gasteiger partial charge in [0.2, 0.25) is 11.7 Å². The van der Waals surface area contributed by atoms with Gasteiger partial charge in [0.1, 0.15) is 5.60 Å². The van der Waals surface area contributed by atoms with Crippen LogP contribution < -0.4 is 0 Å². The van der Waals surface area contributed by atoms with Crippen LogP contribution in [0.15, 0.2) is 4.52 Å². The van der Waals surface area contributed by atoms with Crippen molar-refractivity contribution in [2.24, 2.45) is 5.41 Å². The number of ether oxygens (including phenoxy) is 1. The summed E-state index contributed by atoms with van der Waals surface area (Å²) in [5.41, 5.74) is -0.829. The van der Waals surface area contributed by atoms with Crippen molar-refractivity contribution < 1.29 is 19.2 Å². The minimum Gasteiger partial charge on any atom is -0.481 e. The van der Waals surface area contributed by atoms with Crippen molar-refractivity contribution >= 4 is 5.97 Å². The van der Waals surface area contributed by atoms with Gasteiger partial charge in [-0.1, -0.05) is 19.0 Å². The van der Waals surface area contributed by atoms with Crippen molar-refractivity contribution in [2.75, 3.05) is 7.11 Å². The van der Waals surface area contributed by atoms with Crippen molar-refractivity contribution in [3.05, 3.63) is 11.7 Å². The summed E-state index contributed by atoms with van der Waals surface area (Å²) in [6, 6.07) is 0. The molecule has 0 aromatic carbocycles. The van der Waals surface area contributed by atoms with Gasteiger partial charge < -0.3 is 14.4 Å². The molecule has 0 spiro atoms. The Bertz CT molecular complexity index is 475. The molecule has 1 heterocycles. The second-order valence-corrected chi connectivity index (χ2v) is 6.33. The van der Waals surface area contributed by atoms with Gasteiger partial charge in [0.25, 0.3) is 0 Å². The van der Waals surface area contributed by atoms with E-state index in [0.29, 0.717) is 18.1 Å². The Kier molecular flexibility index (Phi) is 4.13. The molecule has 0 saturated heterocycles. The Morgan fingerprint density at radius 1 is 1.45 bits per heavy atom. The average Bonchev–Trinajstić information content (AvgIpc) is 2.95. The van der Waals surface area contributed by atoms with E-state index in [1.54, 1.807) is 7.11 Å². The van der Waals surface area contributed by atoms with E-state index in [-0.39, 0.29) is 6.42 Å². The van der Waals surface area contributed by atoms with E-state index in [9.17, 15) is 4.79 Å². The number of carboxylic acid groups (broad SMARTS) is 1. The minimum absolute atomic E-state index is 0.0696. The summed E-state index contributed by atoms with van der Waals surface area (Å²) < 4.78 is 10.9. The molecular weight excluding hydrogens is 260 g/mol. The second-order valence-electron chi connectivity index (χ2n) is 6.33. The van der Waals surface area contributed by atoms with E-state index in [0.717, 1.165) is 25.7 Å². The number of rotatable bonds is 6. The molecule has 6 heteroatoms. The number of hydrogen-bond donors (Lipinski definition) is 1. The second kappa shape index (κ2) is 5.52. The first-order valence-electron chi connectivity index (χ1n) is 6.97. The molecule has 1 aliphatic rings. The molecule has 0 atom stereocenters. The minimum atomic E-state index is -0.820. The fourth-order valence-corrected chi connectivity index (χ4v) is 2.86. The van der Waals surface area contributed by atoms with E-state index in [4.69, 9.17) is 14.4 Å². The standard InChI is InChI=1S/C14H22N2O4/c1-13(2,9-11(17)18)8-10-15-12(16-20-10)14(19-3)6-4-5-7-14/h4-9H2,1-3H3,(H,17,18). The molecule has 6 nitrogen and oxygen atoms in total. The molecule has 1 N–H and O–H groups in total. The van der Waals surface area contributed by atoms with E-state index in [1.807, 2.05) is 13.8 Å². The van der Waals surface area contributed by atoms with E-state index in [2.05, 4.69) is 10.1 Å². The first-order valence-corrected chi connectivity index (χ1v) is 6.97. The smallest absolute Gasteiger partial charge is 0.303 e. The zero-order valence-corrected chi connectivity index (χ0v) is 12.3. The highest BCUT2D eigenvalue weighted by atomic mass is 16.5. The topological polar surface area (TPSA) is 85.5 Å². The number of carbonyl (C=O) groups is 1. The van der Waals surface area contributed by atoms with Crippen LogP contribution in [0.3, 0.4) is 0 Å². The normalized spacial score (nSPS) is 18.4. The maximum absolute atomic E-state index is 10.8. The summed E-state index contributed by atoms with van der Waals surface area (Å²) in [5.74, 6) is 0.257. The van der Waals surface area contributed by atoms with Crippen LogP contribution in [-0.2, 0) is 21.6 Å². The summed E-state index contributed by atoms with van der Waals surface area (Å²) in [6.45, 7) is 3.76. The van der Waals surface area contributed by atoms with Gasteiger partial charge in [-0.2, -0.15) is 4.98 Å². The molecule has 1 aromatic heterocycles. The SMILES string of the molecule is COC1(c2noc(CC(C)(C)CC(=O)O)n2)CCCC1. The summed E-state index contributed by atoms with van der Waals surface area (Å²) in [5, 5.41) is 12.9. The number of hydrogen-bond acceptors (Lipinski definition) is 5. The lowest BCUT2D eigenvalue weighted by atomic mass is 9.86. The molecule has 0 aliphatic heterocycles. The Balaban J connectivity index is 2.11. The van der Waals surface area contributed by atoms with Gasteiger partial charge in [0.05, 0.1) is 6.42 Å². The highest BCUT2D eigenvalue weighted by molar-refractivity contribution is 5.67. The van der Waals surface area contributed by atoms with Crippen molar-refractivity contribution in [3.63, 3.8) is 0 Å². The number of aromatic nitrogens is 2. The molecule has 1 fully saturated rings. The molecular formula is C14H22N2O4. The predicted octanol–water partition coefficient (Wildman–Crippen LogP) is 2.53. The lowest BCUT2D eigenvalue weighted by Gasteiger charge is -2.23. The van der Waals surface area contributed by atoms with Crippen LogP contribution in [-0.4, -0.2) is 28.3 Å². The average molecular weight is 282 g/mol. The summed E-state index contributed by atoms with van der Waals surface area (Å²) in [7, 11) is 1.68. The predicted molar refractivity (Wildman–Crippen MR) is 71.2 cm³/mol. The van der Waals surface area contributed by atoms with Gasteiger partial charge in [0, 0.05) is 13.5 Å². The molecule has 1 saturated carbocycles. The lowest BCUT2D eigenvalue weighted by Crippen LogP contribution is -2.26. The quantitative estimate of drug-likeness (QED) is 0.863. The van der Waals surface area contributed by atoms with Crippen LogP contribution in [0.2, 0.25) is 0 Å². The molecule has 0 bridgehead atoms. The highest BCUT2D eigenvalue weighted by Gasteiger charge is 2.40. The maximum Gasteiger partial charge on any atom is 0.303 e. The van der Waals surface area contributed by atoms with Crippen molar-refractivity contribution in [2.45, 2.75) is 58.0 Å². The monoisotopic (exact) mass is 282 g/mol. The van der Waals surface area contributed by atoms with Crippen LogP contribution in [0, 0.1) is 5.41 Å². The fraction of sp³-hybridized carbons (Fsp3) is 0.786. The van der Waals surface area contributed by atoms with Crippen LogP contribution in [0.25, 0.3) is 0 Å². The van der Waals surface area contributed by atoms with E-state index >= 15 is 0 Å². The number of nitrogens with zero attached hydrogens (tertiary/aromatic N) is 2. The highest BCUT2D eigenvalue weighted by Crippen LogP contribution is 2.40. The van der Waals surface area contributed by atoms with Crippen molar-refractivity contribution in [1.29, 1.82) is 0 Å². The molecule has 112 valence electrons. The van der Waals surface area contributed by atoms with Gasteiger partial charge >= 0.3 is 5.97 Å². The van der Waals surface area contributed by atoms with Gasteiger partial charge in [-0.3, -0.25) is 4.79 Å². The van der Waals surface area contributed by atoms with Crippen molar-refractivity contribution in [1.82, 2.24) is 10.1 Å². The van der Waals surface area contributed by atoms with Gasteiger partial charge in [-0.25, -0.2) is 0 Å². The van der Waals surface area contributed by atoms with Crippen LogP contribution >= 0.6 is 0 Å². The molecule has 1 aliphatic carbocycles. The maximum atomic E-state index is 10.8. The third-order valence-corrected chi connectivity index (χ3v) is 3.94. The van der Waals surface area contributed by atoms with E-state index < -0.39 is 17.0 Å². The van der Waals surface area contributed by atoms with Crippen molar-refractivity contribution in [3.8, 4) is 0 Å². The Morgan fingerprint density at radius 3 is 2.65 bits per heavy atom. The molecule has 1 aromatic rings. The first kappa shape index (κ1) is 15.0. The zero-order chi connectivity index (χ0) is 14.8. The van der Waals surface area contributed by atoms with Crippen LogP contribution in [0.4, 0.5) is 0 Å². The number of methoxy groups -OCH3 is 1. The van der Waals surface area contributed by atoms with Gasteiger partial charge in [0.15, 0.2) is 0 Å². The van der Waals surface area contributed by atoms with Crippen LogP contribution in [0.5, 0.6) is 0 Å². The molecule has 0 unspecified atom stereocenters. The third-order valence-electron chi connectivity index (χ3n) is 3.94. The third kappa shape index (κ3) is 3.17. The fourth-order valence-electron chi connectivity index (χ4n) is 2.86. The molecule has 2 rings (SSSR count). The number of aliphatic carboxylic acids is 1. The van der Waals surface area contributed by atoms with Gasteiger partial charge in [-0.15, -0.1) is 0 Å². The van der Waals surface area contributed by atoms with E-state index in [1.165, 1.54) is 0 Å². The zero-order valence-electron chi connectivity index (χ0n) is 12.3. The summed E-state index contributed by atoms with van der Waals surface area (Å²) in [4.78, 5) is 15.3. The van der Waals surface area contributed by atoms with Crippen LogP contribution in [0.1, 0.15) is 57.7 Å². The Labute approximate surface area is 118 Å². The molecule has 0 amide bonds. The Hall–Kier alpha value is -1.43. The number of carboxylic acids is 1. The Morgan fingerprint density at radius 2 is 2.10 bits per heavy atom. The van der Waals surface area contributed by atoms with Gasteiger partial charge in [-0.05, 0) is 31.1 Å². The largest absolute Gasteiger partial charge is 0.481 e. The summed E-state index contributed by atoms with van der Waals surface area (Å²) >= 11 is 0.